The Morgan fingerprint density at radius 3 is 0.879 bits per heavy atom. The second-order valence-corrected chi connectivity index (χ2v) is 26.0. The number of para-hydroxylation sites is 13. The molecule has 0 spiro atoms. The molecule has 0 unspecified atom stereocenters. The van der Waals surface area contributed by atoms with Crippen molar-refractivity contribution in [2.45, 2.75) is 0 Å². The molecule has 1 aromatic heterocycles. The third-order valence-electron chi connectivity index (χ3n) is 20.6. The van der Waals surface area contributed by atoms with Crippen LogP contribution in [0.25, 0.3) is 27.5 Å². The summed E-state index contributed by atoms with van der Waals surface area (Å²) in [6, 6.07) is 137. The zero-order valence-corrected chi connectivity index (χ0v) is 54.0. The normalized spacial score (nSPS) is 12.9. The molecule has 9 heteroatoms. The monoisotopic (exact) mass is 1260 g/mol. The lowest BCUT2D eigenvalue weighted by Crippen LogP contribution is -2.65. The van der Waals surface area contributed by atoms with Crippen LogP contribution in [0.15, 0.2) is 370 Å². The van der Waals surface area contributed by atoms with E-state index < -0.39 is 0 Å². The number of nitrogens with zero attached hydrogens (tertiary/aromatic N) is 7. The molecule has 15 aromatic carbocycles. The van der Waals surface area contributed by atoms with Gasteiger partial charge in [-0.25, -0.2) is 0 Å². The van der Waals surface area contributed by atoms with Gasteiger partial charge in [0.2, 0.25) is 0 Å². The molecule has 0 aliphatic carbocycles. The molecule has 0 radical (unpaired) electrons. The smallest absolute Gasteiger partial charge is 0.252 e. The predicted octanol–water partition coefficient (Wildman–Crippen LogP) is 19.9. The van der Waals surface area contributed by atoms with Gasteiger partial charge in [0.15, 0.2) is 0 Å². The van der Waals surface area contributed by atoms with Crippen molar-refractivity contribution < 1.29 is 0 Å². The summed E-state index contributed by atoms with van der Waals surface area (Å²) < 4.78 is 2.48. The highest BCUT2D eigenvalue weighted by molar-refractivity contribution is 7.03. The van der Waals surface area contributed by atoms with E-state index in [1.165, 1.54) is 43.5 Å². The van der Waals surface area contributed by atoms with Gasteiger partial charge in [-0.2, -0.15) is 0 Å². The van der Waals surface area contributed by atoms with Gasteiger partial charge < -0.3 is 34.0 Å². The van der Waals surface area contributed by atoms with E-state index in [-0.39, 0.29) is 13.4 Å². The van der Waals surface area contributed by atoms with E-state index in [1.54, 1.807) is 0 Å². The molecular formula is C90H61B2N7. The number of aromatic nitrogens is 1. The van der Waals surface area contributed by atoms with Gasteiger partial charge in [0.05, 0.1) is 33.8 Å². The zero-order chi connectivity index (χ0) is 65.1. The zero-order valence-electron chi connectivity index (χ0n) is 54.0. The van der Waals surface area contributed by atoms with E-state index in [0.717, 1.165) is 119 Å². The van der Waals surface area contributed by atoms with Crippen LogP contribution >= 0.6 is 0 Å². The third-order valence-corrected chi connectivity index (χ3v) is 20.6. The molecule has 16 aromatic rings. The highest BCUT2D eigenvalue weighted by atomic mass is 15.2. The minimum Gasteiger partial charge on any atom is -0.311 e. The summed E-state index contributed by atoms with van der Waals surface area (Å²) in [5, 5.41) is 2.44. The van der Waals surface area contributed by atoms with E-state index in [2.05, 4.69) is 404 Å². The molecule has 5 heterocycles. The molecule has 4 aliphatic rings. The summed E-state index contributed by atoms with van der Waals surface area (Å²) in [5.74, 6) is 0. The summed E-state index contributed by atoms with van der Waals surface area (Å²) in [5.41, 5.74) is 30.5. The molecule has 4 aliphatic heterocycles. The van der Waals surface area contributed by atoms with Crippen molar-refractivity contribution in [2.75, 3.05) is 29.4 Å². The van der Waals surface area contributed by atoms with Crippen LogP contribution in [-0.2, 0) is 0 Å². The van der Waals surface area contributed by atoms with Gasteiger partial charge in [-0.05, 0) is 184 Å². The van der Waals surface area contributed by atoms with Crippen molar-refractivity contribution >= 4 is 170 Å². The summed E-state index contributed by atoms with van der Waals surface area (Å²) in [6.45, 7) is -0.410. The molecule has 20 rings (SSSR count). The Morgan fingerprint density at radius 1 is 0.192 bits per heavy atom. The Kier molecular flexibility index (Phi) is 13.0. The Hall–Kier alpha value is -13.0. The molecule has 0 amide bonds. The van der Waals surface area contributed by atoms with Gasteiger partial charge in [-0.3, -0.25) is 0 Å². The molecule has 0 atom stereocenters. The number of anilines is 18. The Morgan fingerprint density at radius 2 is 0.485 bits per heavy atom. The molecule has 7 nitrogen and oxygen atoms in total. The minimum absolute atomic E-state index is 0.186. The van der Waals surface area contributed by atoms with Crippen molar-refractivity contribution in [1.82, 2.24) is 4.57 Å². The van der Waals surface area contributed by atoms with E-state index in [4.69, 9.17) is 0 Å². The molecule has 0 saturated heterocycles. The van der Waals surface area contributed by atoms with E-state index >= 15 is 0 Å². The number of hydrogen-bond donors (Lipinski definition) is 0. The number of hydrogen-bond acceptors (Lipinski definition) is 6. The SMILES string of the molecule is c1ccc(N(c2ccccc2)c2cc3c4c(c2)N(c2ccccc2)c2cc5c(cc2B4c2ccccc2N3c2ccccc2)B2c3ccccc3N(c3ccccc3-n3c4ccccc4c4ccccc43)c3cc(N(c4ccccc4)c4ccccc4)cc(c32)N5c2ccccc2)cc1. The van der Waals surface area contributed by atoms with Crippen LogP contribution in [0.1, 0.15) is 0 Å². The van der Waals surface area contributed by atoms with Gasteiger partial charge >= 0.3 is 0 Å². The van der Waals surface area contributed by atoms with Crippen LogP contribution in [0.3, 0.4) is 0 Å². The summed E-state index contributed by atoms with van der Waals surface area (Å²) >= 11 is 0. The molecular weight excluding hydrogens is 1200 g/mol. The van der Waals surface area contributed by atoms with Crippen LogP contribution in [0.4, 0.5) is 102 Å². The van der Waals surface area contributed by atoms with Gasteiger partial charge in [0, 0.05) is 96.1 Å². The fourth-order valence-corrected chi connectivity index (χ4v) is 16.7. The van der Waals surface area contributed by atoms with Crippen molar-refractivity contribution in [1.29, 1.82) is 0 Å². The molecule has 99 heavy (non-hydrogen) atoms. The van der Waals surface area contributed by atoms with Crippen LogP contribution in [0.5, 0.6) is 0 Å². The second kappa shape index (κ2) is 22.9. The lowest BCUT2D eigenvalue weighted by molar-refractivity contribution is 1.15. The number of fused-ring (bicyclic) bond motifs is 11. The first kappa shape index (κ1) is 56.4. The lowest BCUT2D eigenvalue weighted by atomic mass is 9.30. The van der Waals surface area contributed by atoms with Gasteiger partial charge in [-0.15, -0.1) is 0 Å². The molecule has 462 valence electrons. The lowest BCUT2D eigenvalue weighted by Gasteiger charge is -2.48. The molecule has 0 bridgehead atoms. The Balaban J connectivity index is 0.905. The highest BCUT2D eigenvalue weighted by Gasteiger charge is 2.49. The standard InChI is InChI=1S/C90H61B2N7/c1-8-32-62(33-9-1)93(63-34-10-2-11-35-63)69-56-85-89-86(57-69)96(67-42-18-6-19-43-67)83-61-84-76(60-75(83)91(89)73-48-24-28-52-79(73)95(85)66-40-16-5-17-41-66)92-74-49-25-29-53-80(74)99(82-55-31-30-54-81(82)98-77-50-26-22-46-71(77)72-47-23-27-51-78(72)98)88-59-70(58-87(90(88)92)97(84)68-44-20-7-21-45-68)94(64-36-12-3-13-37-64)65-38-14-4-15-39-65/h1-61H. The van der Waals surface area contributed by atoms with Gasteiger partial charge in [0.25, 0.3) is 13.4 Å². The minimum atomic E-state index is -0.225. The summed E-state index contributed by atoms with van der Waals surface area (Å²) in [4.78, 5) is 15.1. The Labute approximate surface area is 576 Å². The summed E-state index contributed by atoms with van der Waals surface area (Å²) in [7, 11) is 0. The van der Waals surface area contributed by atoms with Crippen LogP contribution in [0, 0.1) is 0 Å². The largest absolute Gasteiger partial charge is 0.311 e. The molecule has 0 N–H and O–H groups in total. The average Bonchev–Trinajstić information content (AvgIpc) is 1.04. The first-order valence-corrected chi connectivity index (χ1v) is 34.2. The Bertz CT molecular complexity index is 5670. The number of benzene rings is 15. The van der Waals surface area contributed by atoms with Crippen molar-refractivity contribution in [3.05, 3.63) is 370 Å². The average molecular weight is 1260 g/mol. The predicted molar refractivity (Wildman–Crippen MR) is 418 cm³/mol. The van der Waals surface area contributed by atoms with Crippen LogP contribution < -0.4 is 62.2 Å². The fourth-order valence-electron chi connectivity index (χ4n) is 16.7. The van der Waals surface area contributed by atoms with Crippen LogP contribution in [0.2, 0.25) is 0 Å². The van der Waals surface area contributed by atoms with E-state index in [1.807, 2.05) is 0 Å². The van der Waals surface area contributed by atoms with Gasteiger partial charge in [-0.1, -0.05) is 218 Å². The maximum Gasteiger partial charge on any atom is 0.252 e. The quantitative estimate of drug-likeness (QED) is 0.120. The van der Waals surface area contributed by atoms with Crippen molar-refractivity contribution in [2.24, 2.45) is 0 Å². The number of rotatable bonds is 11. The van der Waals surface area contributed by atoms with Gasteiger partial charge in [0.1, 0.15) is 0 Å². The maximum absolute atomic E-state index is 2.64. The second-order valence-electron chi connectivity index (χ2n) is 26.0. The third kappa shape index (κ3) is 8.80. The summed E-state index contributed by atoms with van der Waals surface area (Å²) in [6.07, 6.45) is 0. The van der Waals surface area contributed by atoms with Crippen LogP contribution in [-0.4, -0.2) is 18.0 Å². The van der Waals surface area contributed by atoms with Crippen molar-refractivity contribution in [3.8, 4) is 5.69 Å². The fraction of sp³-hybridized carbons (Fsp3) is 0. The highest BCUT2D eigenvalue weighted by Crippen LogP contribution is 2.53. The molecule has 0 saturated carbocycles. The maximum atomic E-state index is 2.64. The first-order chi connectivity index (χ1) is 49.2. The first-order valence-electron chi connectivity index (χ1n) is 34.2. The van der Waals surface area contributed by atoms with E-state index in [9.17, 15) is 0 Å². The molecule has 0 fully saturated rings. The topological polar surface area (TPSA) is 24.4 Å². The van der Waals surface area contributed by atoms with Crippen molar-refractivity contribution in [3.63, 3.8) is 0 Å². The van der Waals surface area contributed by atoms with E-state index in [0.29, 0.717) is 0 Å².